The first-order valence-corrected chi connectivity index (χ1v) is 6.72. The smallest absolute Gasteiger partial charge is 0.177 e. The maximum absolute atomic E-state index is 12.6. The number of fused-ring (bicyclic) bond motifs is 1. The third kappa shape index (κ3) is 2.44. The van der Waals surface area contributed by atoms with E-state index >= 15 is 0 Å². The normalized spacial score (nSPS) is 16.9. The Kier molecular flexibility index (Phi) is 3.52. The lowest BCUT2D eigenvalue weighted by molar-refractivity contribution is 0.0896. The van der Waals surface area contributed by atoms with Crippen LogP contribution in [0.2, 0.25) is 0 Å². The third-order valence-corrected chi connectivity index (χ3v) is 3.69. The number of carbonyl (C=O) groups is 1. The van der Waals surface area contributed by atoms with Crippen molar-refractivity contribution >= 4 is 5.78 Å². The molecule has 0 bridgehead atoms. The van der Waals surface area contributed by atoms with Crippen molar-refractivity contribution in [1.82, 2.24) is 0 Å². The summed E-state index contributed by atoms with van der Waals surface area (Å²) in [7, 11) is 3.21. The zero-order valence-corrected chi connectivity index (χ0v) is 12.0. The van der Waals surface area contributed by atoms with E-state index in [2.05, 4.69) is 0 Å². The molecule has 0 aliphatic carbocycles. The van der Waals surface area contributed by atoms with Crippen LogP contribution in [0.15, 0.2) is 42.5 Å². The van der Waals surface area contributed by atoms with Crippen molar-refractivity contribution < 1.29 is 19.0 Å². The van der Waals surface area contributed by atoms with E-state index in [0.717, 1.165) is 11.3 Å². The van der Waals surface area contributed by atoms with Gasteiger partial charge in [-0.1, -0.05) is 12.1 Å². The van der Waals surface area contributed by atoms with Crippen molar-refractivity contribution in [3.63, 3.8) is 0 Å². The van der Waals surface area contributed by atoms with Crippen molar-refractivity contribution in [3.05, 3.63) is 53.6 Å². The van der Waals surface area contributed by atoms with Crippen LogP contribution in [0.3, 0.4) is 0 Å². The Bertz CT molecular complexity index is 661. The number of ether oxygens (including phenoxy) is 3. The second kappa shape index (κ2) is 5.48. The molecular formula is C17H16O4. The molecule has 1 heterocycles. The molecule has 0 N–H and O–H groups in total. The summed E-state index contributed by atoms with van der Waals surface area (Å²) in [6.45, 7) is 0.339. The predicted molar refractivity (Wildman–Crippen MR) is 78.6 cm³/mol. The van der Waals surface area contributed by atoms with E-state index in [1.165, 1.54) is 0 Å². The molecule has 1 aliphatic heterocycles. The second-order valence-electron chi connectivity index (χ2n) is 4.86. The van der Waals surface area contributed by atoms with Gasteiger partial charge in [0, 0.05) is 6.07 Å². The quantitative estimate of drug-likeness (QED) is 0.869. The van der Waals surface area contributed by atoms with Crippen LogP contribution in [0.4, 0.5) is 0 Å². The van der Waals surface area contributed by atoms with Gasteiger partial charge in [-0.15, -0.1) is 0 Å². The maximum atomic E-state index is 12.6. The highest BCUT2D eigenvalue weighted by atomic mass is 16.5. The van der Waals surface area contributed by atoms with Crippen LogP contribution in [0.1, 0.15) is 21.8 Å². The zero-order chi connectivity index (χ0) is 14.8. The van der Waals surface area contributed by atoms with Crippen LogP contribution in [0, 0.1) is 0 Å². The molecule has 108 valence electrons. The molecule has 0 unspecified atom stereocenters. The molecule has 2 aromatic rings. The molecule has 21 heavy (non-hydrogen) atoms. The summed E-state index contributed by atoms with van der Waals surface area (Å²) >= 11 is 0. The van der Waals surface area contributed by atoms with Gasteiger partial charge in [-0.25, -0.2) is 0 Å². The first-order chi connectivity index (χ1) is 10.2. The number of hydrogen-bond acceptors (Lipinski definition) is 4. The topological polar surface area (TPSA) is 44.8 Å². The van der Waals surface area contributed by atoms with E-state index in [-0.39, 0.29) is 11.7 Å². The number of carbonyl (C=O) groups excluding carboxylic acids is 1. The Balaban J connectivity index is 1.90. The van der Waals surface area contributed by atoms with Crippen LogP contribution in [0.25, 0.3) is 0 Å². The maximum Gasteiger partial charge on any atom is 0.177 e. The highest BCUT2D eigenvalue weighted by Crippen LogP contribution is 2.35. The zero-order valence-electron chi connectivity index (χ0n) is 12.0. The fraction of sp³-hybridized carbons (Fsp3) is 0.235. The van der Waals surface area contributed by atoms with Crippen LogP contribution in [-0.4, -0.2) is 26.6 Å². The molecule has 0 aromatic heterocycles. The minimum absolute atomic E-state index is 0.0732. The van der Waals surface area contributed by atoms with Gasteiger partial charge in [-0.2, -0.15) is 0 Å². The van der Waals surface area contributed by atoms with E-state index in [1.807, 2.05) is 24.3 Å². The largest absolute Gasteiger partial charge is 0.497 e. The van der Waals surface area contributed by atoms with Gasteiger partial charge in [-0.3, -0.25) is 4.79 Å². The van der Waals surface area contributed by atoms with Gasteiger partial charge in [0.25, 0.3) is 0 Å². The fourth-order valence-electron chi connectivity index (χ4n) is 2.47. The lowest BCUT2D eigenvalue weighted by Crippen LogP contribution is -2.26. The average Bonchev–Trinajstić information content (AvgIpc) is 2.55. The molecule has 1 aliphatic rings. The lowest BCUT2D eigenvalue weighted by atomic mass is 9.89. The van der Waals surface area contributed by atoms with Crippen molar-refractivity contribution in [2.75, 3.05) is 20.8 Å². The van der Waals surface area contributed by atoms with Gasteiger partial charge in [0.15, 0.2) is 5.78 Å². The van der Waals surface area contributed by atoms with Crippen molar-refractivity contribution in [1.29, 1.82) is 0 Å². The number of hydrogen-bond donors (Lipinski definition) is 0. The molecule has 0 amide bonds. The van der Waals surface area contributed by atoms with Gasteiger partial charge in [0.2, 0.25) is 0 Å². The average molecular weight is 284 g/mol. The highest BCUT2D eigenvalue weighted by Gasteiger charge is 2.30. The highest BCUT2D eigenvalue weighted by molar-refractivity contribution is 6.04. The number of Topliss-reactive ketones (excluding diaryl/α,β-unsaturated/α-hetero) is 1. The molecule has 2 aromatic carbocycles. The number of ketones is 1. The SMILES string of the molecule is COc1ccc([C@H]2COc3cc(OC)ccc3C2=O)cc1. The lowest BCUT2D eigenvalue weighted by Gasteiger charge is -2.24. The third-order valence-electron chi connectivity index (χ3n) is 3.69. The minimum Gasteiger partial charge on any atom is -0.497 e. The van der Waals surface area contributed by atoms with Crippen LogP contribution in [0.5, 0.6) is 17.2 Å². The van der Waals surface area contributed by atoms with E-state index in [1.54, 1.807) is 32.4 Å². The van der Waals surface area contributed by atoms with Crippen molar-refractivity contribution in [3.8, 4) is 17.2 Å². The molecule has 4 nitrogen and oxygen atoms in total. The molecule has 4 heteroatoms. The fourth-order valence-corrected chi connectivity index (χ4v) is 2.47. The number of methoxy groups -OCH3 is 2. The molecule has 3 rings (SSSR count). The standard InChI is InChI=1S/C17H16O4/c1-19-12-5-3-11(4-6-12)15-10-21-16-9-13(20-2)7-8-14(16)17(15)18/h3-9,15H,10H2,1-2H3/t15-/m1/s1. The summed E-state index contributed by atoms with van der Waals surface area (Å²) in [5.41, 5.74) is 1.53. The van der Waals surface area contributed by atoms with Crippen LogP contribution >= 0.6 is 0 Å². The molecule has 0 fully saturated rings. The van der Waals surface area contributed by atoms with Crippen LogP contribution in [-0.2, 0) is 0 Å². The number of benzene rings is 2. The van der Waals surface area contributed by atoms with Crippen molar-refractivity contribution in [2.45, 2.75) is 5.92 Å². The molecular weight excluding hydrogens is 268 g/mol. The molecule has 0 saturated carbocycles. The van der Waals surface area contributed by atoms with E-state index in [0.29, 0.717) is 23.7 Å². The predicted octanol–water partition coefficient (Wildman–Crippen LogP) is 3.06. The molecule has 1 atom stereocenters. The minimum atomic E-state index is -0.281. The van der Waals surface area contributed by atoms with E-state index in [4.69, 9.17) is 14.2 Å². The van der Waals surface area contributed by atoms with Gasteiger partial charge in [-0.05, 0) is 29.8 Å². The summed E-state index contributed by atoms with van der Waals surface area (Å²) in [4.78, 5) is 12.6. The Morgan fingerprint density at radius 1 is 1.00 bits per heavy atom. The second-order valence-corrected chi connectivity index (χ2v) is 4.86. The summed E-state index contributed by atoms with van der Waals surface area (Å²) in [5.74, 6) is 1.84. The summed E-state index contributed by atoms with van der Waals surface area (Å²) < 4.78 is 16.0. The van der Waals surface area contributed by atoms with Crippen molar-refractivity contribution in [2.24, 2.45) is 0 Å². The van der Waals surface area contributed by atoms with Gasteiger partial charge in [0.1, 0.15) is 23.9 Å². The molecule has 0 saturated heterocycles. The summed E-state index contributed by atoms with van der Waals surface area (Å²) in [6, 6.07) is 12.8. The Morgan fingerprint density at radius 2 is 1.67 bits per heavy atom. The van der Waals surface area contributed by atoms with E-state index in [9.17, 15) is 4.79 Å². The van der Waals surface area contributed by atoms with Gasteiger partial charge >= 0.3 is 0 Å². The molecule has 0 radical (unpaired) electrons. The van der Waals surface area contributed by atoms with E-state index < -0.39 is 0 Å². The monoisotopic (exact) mass is 284 g/mol. The van der Waals surface area contributed by atoms with Gasteiger partial charge < -0.3 is 14.2 Å². The Labute approximate surface area is 123 Å². The molecule has 0 spiro atoms. The Morgan fingerprint density at radius 3 is 2.33 bits per heavy atom. The number of rotatable bonds is 3. The first-order valence-electron chi connectivity index (χ1n) is 6.72. The Hall–Kier alpha value is -2.49. The van der Waals surface area contributed by atoms with Gasteiger partial charge in [0.05, 0.1) is 25.7 Å². The summed E-state index contributed by atoms with van der Waals surface area (Å²) in [5, 5.41) is 0. The first kappa shape index (κ1) is 13.5. The summed E-state index contributed by atoms with van der Waals surface area (Å²) in [6.07, 6.45) is 0. The van der Waals surface area contributed by atoms with Crippen LogP contribution < -0.4 is 14.2 Å².